The van der Waals surface area contributed by atoms with Crippen molar-refractivity contribution < 1.29 is 4.79 Å². The summed E-state index contributed by atoms with van der Waals surface area (Å²) in [5.41, 5.74) is 8.99. The number of pyridine rings is 1. The van der Waals surface area contributed by atoms with Crippen LogP contribution in [-0.4, -0.2) is 24.0 Å². The lowest BCUT2D eigenvalue weighted by molar-refractivity contribution is -0.122. The Morgan fingerprint density at radius 1 is 1.32 bits per heavy atom. The lowest BCUT2D eigenvalue weighted by atomic mass is 9.95. The van der Waals surface area contributed by atoms with Crippen LogP contribution in [0.3, 0.4) is 0 Å². The van der Waals surface area contributed by atoms with Crippen LogP contribution in [0.1, 0.15) is 29.7 Å². The monoisotopic (exact) mass is 263 g/mol. The molecule has 0 bridgehead atoms. The molecular formula is C14H21N3O2. The van der Waals surface area contributed by atoms with Crippen molar-refractivity contribution in [2.75, 3.05) is 18.0 Å². The number of primary amides is 1. The number of aryl methyl sites for hydroxylation is 1. The quantitative estimate of drug-likeness (QED) is 0.835. The molecule has 1 aromatic heterocycles. The van der Waals surface area contributed by atoms with Gasteiger partial charge in [-0.25, -0.2) is 0 Å². The van der Waals surface area contributed by atoms with Gasteiger partial charge in [0.2, 0.25) is 5.91 Å². The maximum atomic E-state index is 11.9. The second-order valence-electron chi connectivity index (χ2n) is 5.37. The summed E-state index contributed by atoms with van der Waals surface area (Å²) in [6.07, 6.45) is 1.77. The highest BCUT2D eigenvalue weighted by Gasteiger charge is 2.26. The van der Waals surface area contributed by atoms with Crippen LogP contribution in [0.5, 0.6) is 0 Å². The maximum Gasteiger partial charge on any atom is 0.253 e. The van der Waals surface area contributed by atoms with Gasteiger partial charge in [-0.3, -0.25) is 9.59 Å². The number of nitrogens with zero attached hydrogens (tertiary/aromatic N) is 1. The van der Waals surface area contributed by atoms with Gasteiger partial charge in [-0.1, -0.05) is 0 Å². The molecule has 0 aliphatic carbocycles. The summed E-state index contributed by atoms with van der Waals surface area (Å²) < 4.78 is 0. The van der Waals surface area contributed by atoms with E-state index in [0.29, 0.717) is 12.1 Å². The molecule has 3 N–H and O–H groups in total. The highest BCUT2D eigenvalue weighted by atomic mass is 16.1. The van der Waals surface area contributed by atoms with Gasteiger partial charge in [0.15, 0.2) is 0 Å². The Kier molecular flexibility index (Phi) is 3.64. The van der Waals surface area contributed by atoms with Crippen molar-refractivity contribution in [2.45, 2.75) is 33.6 Å². The van der Waals surface area contributed by atoms with Gasteiger partial charge in [-0.05, 0) is 39.2 Å². The van der Waals surface area contributed by atoms with Gasteiger partial charge in [0.1, 0.15) is 0 Å². The van der Waals surface area contributed by atoms with E-state index in [4.69, 9.17) is 5.73 Å². The predicted molar refractivity (Wildman–Crippen MR) is 75.4 cm³/mol. The fraction of sp³-hybridized carbons (Fsp3) is 0.571. The summed E-state index contributed by atoms with van der Waals surface area (Å²) >= 11 is 0. The molecule has 1 aromatic rings. The SMILES string of the molecule is Cc1[nH]c(=O)c(C)c(N2CCCC(C(N)=O)C2)c1C. The summed E-state index contributed by atoms with van der Waals surface area (Å²) in [6.45, 7) is 7.21. The number of carbonyl (C=O) groups excluding carboxylic acids is 1. The van der Waals surface area contributed by atoms with Crippen molar-refractivity contribution >= 4 is 11.6 Å². The van der Waals surface area contributed by atoms with Crippen molar-refractivity contribution in [3.05, 3.63) is 27.2 Å². The number of hydrogen-bond donors (Lipinski definition) is 2. The third kappa shape index (κ3) is 2.50. The molecule has 1 atom stereocenters. The highest BCUT2D eigenvalue weighted by molar-refractivity contribution is 5.78. The fourth-order valence-electron chi connectivity index (χ4n) is 2.81. The number of amides is 1. The normalized spacial score (nSPS) is 19.5. The molecule has 1 aliphatic rings. The molecule has 5 nitrogen and oxygen atoms in total. The number of rotatable bonds is 2. The molecule has 1 aliphatic heterocycles. The third-order valence-electron chi connectivity index (χ3n) is 4.05. The molecule has 2 rings (SSSR count). The molecule has 1 fully saturated rings. The van der Waals surface area contributed by atoms with E-state index < -0.39 is 0 Å². The van der Waals surface area contributed by atoms with Crippen LogP contribution in [0.4, 0.5) is 5.69 Å². The van der Waals surface area contributed by atoms with Gasteiger partial charge >= 0.3 is 0 Å². The predicted octanol–water partition coefficient (Wildman–Crippen LogP) is 1.00. The Labute approximate surface area is 112 Å². The van der Waals surface area contributed by atoms with E-state index in [1.807, 2.05) is 20.8 Å². The van der Waals surface area contributed by atoms with Crippen molar-refractivity contribution in [1.29, 1.82) is 0 Å². The number of nitrogens with one attached hydrogen (secondary N) is 1. The van der Waals surface area contributed by atoms with E-state index in [1.165, 1.54) is 0 Å². The van der Waals surface area contributed by atoms with Gasteiger partial charge in [0.25, 0.3) is 5.56 Å². The Morgan fingerprint density at radius 3 is 2.63 bits per heavy atom. The first kappa shape index (κ1) is 13.6. The Balaban J connectivity index is 2.41. The summed E-state index contributed by atoms with van der Waals surface area (Å²) in [7, 11) is 0. The molecule has 1 amide bonds. The molecule has 0 saturated carbocycles. The fourth-order valence-corrected chi connectivity index (χ4v) is 2.81. The molecule has 0 radical (unpaired) electrons. The highest BCUT2D eigenvalue weighted by Crippen LogP contribution is 2.28. The number of aromatic amines is 1. The molecule has 104 valence electrons. The van der Waals surface area contributed by atoms with Crippen LogP contribution < -0.4 is 16.2 Å². The molecule has 19 heavy (non-hydrogen) atoms. The molecule has 1 saturated heterocycles. The van der Waals surface area contributed by atoms with Gasteiger partial charge in [-0.15, -0.1) is 0 Å². The molecule has 0 spiro atoms. The summed E-state index contributed by atoms with van der Waals surface area (Å²) in [6, 6.07) is 0. The van der Waals surface area contributed by atoms with Crippen molar-refractivity contribution in [3.63, 3.8) is 0 Å². The first-order valence-electron chi connectivity index (χ1n) is 6.66. The second kappa shape index (κ2) is 5.07. The number of nitrogens with two attached hydrogens (primary N) is 1. The van der Waals surface area contributed by atoms with Gasteiger partial charge < -0.3 is 15.6 Å². The standard InChI is InChI=1S/C14H21N3O2/c1-8-10(3)16-14(19)9(2)12(8)17-6-4-5-11(7-17)13(15)18/h11H,4-7H2,1-3H3,(H2,15,18)(H,16,19). The topological polar surface area (TPSA) is 79.2 Å². The van der Waals surface area contributed by atoms with Crippen LogP contribution >= 0.6 is 0 Å². The van der Waals surface area contributed by atoms with Gasteiger partial charge in [0, 0.05) is 30.0 Å². The number of aromatic nitrogens is 1. The lowest BCUT2D eigenvalue weighted by Gasteiger charge is -2.35. The molecule has 5 heteroatoms. The Hall–Kier alpha value is -1.78. The Bertz CT molecular complexity index is 563. The largest absolute Gasteiger partial charge is 0.370 e. The molecule has 0 aromatic carbocycles. The zero-order valence-electron chi connectivity index (χ0n) is 11.7. The van der Waals surface area contributed by atoms with Crippen LogP contribution in [0.25, 0.3) is 0 Å². The average Bonchev–Trinajstić information content (AvgIpc) is 2.37. The van der Waals surface area contributed by atoms with E-state index in [0.717, 1.165) is 36.3 Å². The van der Waals surface area contributed by atoms with Crippen LogP contribution in [-0.2, 0) is 4.79 Å². The van der Waals surface area contributed by atoms with Crippen molar-refractivity contribution in [1.82, 2.24) is 4.98 Å². The molecular weight excluding hydrogens is 242 g/mol. The van der Waals surface area contributed by atoms with E-state index >= 15 is 0 Å². The average molecular weight is 263 g/mol. The number of carbonyl (C=O) groups is 1. The Morgan fingerprint density at radius 2 is 2.00 bits per heavy atom. The summed E-state index contributed by atoms with van der Waals surface area (Å²) in [4.78, 5) is 28.2. The van der Waals surface area contributed by atoms with E-state index in [9.17, 15) is 9.59 Å². The zero-order valence-corrected chi connectivity index (χ0v) is 11.7. The van der Waals surface area contributed by atoms with Gasteiger partial charge in [0.05, 0.1) is 5.92 Å². The zero-order chi connectivity index (χ0) is 14.2. The number of hydrogen-bond acceptors (Lipinski definition) is 3. The summed E-state index contributed by atoms with van der Waals surface area (Å²) in [5.74, 6) is -0.367. The minimum atomic E-state index is -0.249. The smallest absolute Gasteiger partial charge is 0.253 e. The van der Waals surface area contributed by atoms with Crippen LogP contribution in [0.15, 0.2) is 4.79 Å². The van der Waals surface area contributed by atoms with E-state index in [1.54, 1.807) is 0 Å². The lowest BCUT2D eigenvalue weighted by Crippen LogP contribution is -2.42. The summed E-state index contributed by atoms with van der Waals surface area (Å²) in [5, 5.41) is 0. The van der Waals surface area contributed by atoms with Crippen molar-refractivity contribution in [3.8, 4) is 0 Å². The second-order valence-corrected chi connectivity index (χ2v) is 5.37. The first-order chi connectivity index (χ1) is 8.91. The maximum absolute atomic E-state index is 11.9. The minimum Gasteiger partial charge on any atom is -0.370 e. The third-order valence-corrected chi connectivity index (χ3v) is 4.05. The van der Waals surface area contributed by atoms with E-state index in [-0.39, 0.29) is 17.4 Å². The molecule has 2 heterocycles. The van der Waals surface area contributed by atoms with Crippen molar-refractivity contribution in [2.24, 2.45) is 11.7 Å². The van der Waals surface area contributed by atoms with Crippen LogP contribution in [0, 0.1) is 26.7 Å². The van der Waals surface area contributed by atoms with Gasteiger partial charge in [-0.2, -0.15) is 0 Å². The molecule has 1 unspecified atom stereocenters. The first-order valence-corrected chi connectivity index (χ1v) is 6.66. The number of anilines is 1. The van der Waals surface area contributed by atoms with E-state index in [2.05, 4.69) is 9.88 Å². The number of piperidine rings is 1. The minimum absolute atomic E-state index is 0.0562. The van der Waals surface area contributed by atoms with Crippen LogP contribution in [0.2, 0.25) is 0 Å². The number of H-pyrrole nitrogens is 1.